The van der Waals surface area contributed by atoms with Crippen molar-refractivity contribution < 1.29 is 19.1 Å². The first-order chi connectivity index (χ1) is 11.6. The smallest absolute Gasteiger partial charge is 0.251 e. The van der Waals surface area contributed by atoms with Crippen LogP contribution in [-0.4, -0.2) is 50.6 Å². The number of methoxy groups -OCH3 is 2. The molecule has 1 heterocycles. The van der Waals surface area contributed by atoms with Crippen molar-refractivity contribution in [3.63, 3.8) is 0 Å². The molecule has 0 aliphatic carbocycles. The van der Waals surface area contributed by atoms with Crippen molar-refractivity contribution >= 4 is 11.8 Å². The number of carbonyl (C=O) groups is 2. The number of ether oxygens (including phenoxy) is 2. The molecule has 0 bridgehead atoms. The molecular weight excluding hydrogens is 308 g/mol. The van der Waals surface area contributed by atoms with Crippen LogP contribution in [0.3, 0.4) is 0 Å². The highest BCUT2D eigenvalue weighted by Crippen LogP contribution is 2.33. The van der Waals surface area contributed by atoms with Gasteiger partial charge in [-0.05, 0) is 31.4 Å². The molecule has 0 atom stereocenters. The minimum atomic E-state index is -0.311. The van der Waals surface area contributed by atoms with E-state index in [2.05, 4.69) is 11.9 Å². The van der Waals surface area contributed by atoms with Gasteiger partial charge >= 0.3 is 0 Å². The van der Waals surface area contributed by atoms with Gasteiger partial charge < -0.3 is 19.7 Å². The maximum absolute atomic E-state index is 12.4. The number of hydrogen-bond acceptors (Lipinski definition) is 4. The molecule has 1 aliphatic heterocycles. The molecule has 1 aromatic rings. The summed E-state index contributed by atoms with van der Waals surface area (Å²) in [6.07, 6.45) is 4.34. The largest absolute Gasteiger partial charge is 0.493 e. The quantitative estimate of drug-likeness (QED) is 0.773. The van der Waals surface area contributed by atoms with E-state index in [-0.39, 0.29) is 18.4 Å². The molecule has 1 aromatic carbocycles. The van der Waals surface area contributed by atoms with Crippen LogP contribution in [-0.2, 0) is 11.2 Å². The third-order valence-corrected chi connectivity index (χ3v) is 4.04. The van der Waals surface area contributed by atoms with Gasteiger partial charge in [-0.15, -0.1) is 6.58 Å². The van der Waals surface area contributed by atoms with Crippen LogP contribution in [0.2, 0.25) is 0 Å². The van der Waals surface area contributed by atoms with Crippen LogP contribution in [0.5, 0.6) is 11.5 Å². The van der Waals surface area contributed by atoms with Gasteiger partial charge in [-0.3, -0.25) is 9.59 Å². The predicted molar refractivity (Wildman–Crippen MR) is 91.6 cm³/mol. The Morgan fingerprint density at radius 1 is 1.25 bits per heavy atom. The second-order valence-electron chi connectivity index (χ2n) is 5.63. The molecule has 1 saturated heterocycles. The molecule has 0 aromatic heterocycles. The van der Waals surface area contributed by atoms with Crippen molar-refractivity contribution in [2.45, 2.75) is 19.3 Å². The Kier molecular flexibility index (Phi) is 6.23. The minimum Gasteiger partial charge on any atom is -0.493 e. The number of allylic oxidation sites excluding steroid dienone is 1. The summed E-state index contributed by atoms with van der Waals surface area (Å²) in [5.41, 5.74) is 1.24. The van der Waals surface area contributed by atoms with Crippen molar-refractivity contribution in [2.75, 3.05) is 33.9 Å². The van der Waals surface area contributed by atoms with Crippen molar-refractivity contribution in [1.82, 2.24) is 10.2 Å². The molecule has 2 rings (SSSR count). The monoisotopic (exact) mass is 332 g/mol. The number of amides is 2. The molecule has 130 valence electrons. The van der Waals surface area contributed by atoms with Gasteiger partial charge in [0.05, 0.1) is 20.8 Å². The molecule has 0 unspecified atom stereocenters. The number of benzene rings is 1. The zero-order valence-electron chi connectivity index (χ0n) is 14.3. The van der Waals surface area contributed by atoms with E-state index < -0.39 is 0 Å². The van der Waals surface area contributed by atoms with Gasteiger partial charge in [0.15, 0.2) is 11.5 Å². The summed E-state index contributed by atoms with van der Waals surface area (Å²) in [6, 6.07) is 3.35. The molecular formula is C18H24N2O4. The molecule has 6 heteroatoms. The first-order valence-corrected chi connectivity index (χ1v) is 8.02. The van der Waals surface area contributed by atoms with E-state index in [4.69, 9.17) is 9.47 Å². The lowest BCUT2D eigenvalue weighted by Gasteiger charge is -2.16. The fraction of sp³-hybridized carbons (Fsp3) is 0.444. The number of nitrogens with one attached hydrogen (secondary N) is 1. The van der Waals surface area contributed by atoms with Crippen LogP contribution in [0.4, 0.5) is 0 Å². The van der Waals surface area contributed by atoms with E-state index in [9.17, 15) is 9.59 Å². The van der Waals surface area contributed by atoms with Crippen LogP contribution in [0.15, 0.2) is 24.8 Å². The summed E-state index contributed by atoms with van der Waals surface area (Å²) in [5.74, 6) is 0.705. The molecule has 0 spiro atoms. The SMILES string of the molecule is C=CCc1cc(C(=O)NCC(=O)N2CCCC2)cc(OC)c1OC. The topological polar surface area (TPSA) is 67.9 Å². The van der Waals surface area contributed by atoms with Crippen molar-refractivity contribution in [2.24, 2.45) is 0 Å². The normalized spacial score (nSPS) is 13.5. The van der Waals surface area contributed by atoms with Crippen molar-refractivity contribution in [3.05, 3.63) is 35.9 Å². The fourth-order valence-corrected chi connectivity index (χ4v) is 2.82. The molecule has 6 nitrogen and oxygen atoms in total. The van der Waals surface area contributed by atoms with Crippen LogP contribution in [0.1, 0.15) is 28.8 Å². The summed E-state index contributed by atoms with van der Waals surface area (Å²) >= 11 is 0. The van der Waals surface area contributed by atoms with E-state index in [1.807, 2.05) is 0 Å². The van der Waals surface area contributed by atoms with Gasteiger partial charge in [0.2, 0.25) is 5.91 Å². The Balaban J connectivity index is 2.11. The highest BCUT2D eigenvalue weighted by molar-refractivity contribution is 5.97. The van der Waals surface area contributed by atoms with Gasteiger partial charge in [-0.2, -0.15) is 0 Å². The molecule has 1 fully saturated rings. The third-order valence-electron chi connectivity index (χ3n) is 4.04. The molecule has 1 aliphatic rings. The molecule has 24 heavy (non-hydrogen) atoms. The van der Waals surface area contributed by atoms with Crippen LogP contribution in [0.25, 0.3) is 0 Å². The minimum absolute atomic E-state index is 0.00394. The highest BCUT2D eigenvalue weighted by Gasteiger charge is 2.20. The van der Waals surface area contributed by atoms with Crippen molar-refractivity contribution in [3.8, 4) is 11.5 Å². The van der Waals surface area contributed by atoms with E-state index >= 15 is 0 Å². The second-order valence-corrected chi connectivity index (χ2v) is 5.63. The van der Waals surface area contributed by atoms with Crippen LogP contribution in [0, 0.1) is 0 Å². The summed E-state index contributed by atoms with van der Waals surface area (Å²) < 4.78 is 10.7. The van der Waals surface area contributed by atoms with Gasteiger partial charge in [0.25, 0.3) is 5.91 Å². The van der Waals surface area contributed by atoms with Gasteiger partial charge in [-0.1, -0.05) is 6.08 Å². The lowest BCUT2D eigenvalue weighted by atomic mass is 10.0. The number of hydrogen-bond donors (Lipinski definition) is 1. The Morgan fingerprint density at radius 2 is 1.96 bits per heavy atom. The first kappa shape index (κ1) is 17.8. The van der Waals surface area contributed by atoms with Crippen LogP contribution >= 0.6 is 0 Å². The Labute approximate surface area is 142 Å². The fourth-order valence-electron chi connectivity index (χ4n) is 2.82. The molecule has 0 radical (unpaired) electrons. The van der Waals surface area contributed by atoms with E-state index in [1.165, 1.54) is 7.11 Å². The number of likely N-dealkylation sites (tertiary alicyclic amines) is 1. The van der Waals surface area contributed by atoms with Gasteiger partial charge in [0, 0.05) is 24.2 Å². The Bertz CT molecular complexity index is 622. The van der Waals surface area contributed by atoms with Crippen LogP contribution < -0.4 is 14.8 Å². The third kappa shape index (κ3) is 4.07. The summed E-state index contributed by atoms with van der Waals surface area (Å²) in [7, 11) is 3.08. The molecule has 1 N–H and O–H groups in total. The average Bonchev–Trinajstić information content (AvgIpc) is 3.13. The number of carbonyl (C=O) groups excluding carboxylic acids is 2. The Hall–Kier alpha value is -2.50. The van der Waals surface area contributed by atoms with Gasteiger partial charge in [0.1, 0.15) is 0 Å². The Morgan fingerprint density at radius 3 is 2.54 bits per heavy atom. The molecule has 0 saturated carbocycles. The summed E-state index contributed by atoms with van der Waals surface area (Å²) in [6.45, 7) is 5.27. The van der Waals surface area contributed by atoms with E-state index in [0.717, 1.165) is 31.5 Å². The standard InChI is InChI=1S/C18H24N2O4/c1-4-7-13-10-14(11-15(23-2)17(13)24-3)18(22)19-12-16(21)20-8-5-6-9-20/h4,10-11H,1,5-9,12H2,2-3H3,(H,19,22). The number of rotatable bonds is 7. The summed E-state index contributed by atoms with van der Waals surface area (Å²) in [5, 5.41) is 2.68. The zero-order valence-corrected chi connectivity index (χ0v) is 14.3. The maximum Gasteiger partial charge on any atom is 0.251 e. The maximum atomic E-state index is 12.4. The highest BCUT2D eigenvalue weighted by atomic mass is 16.5. The van der Waals surface area contributed by atoms with E-state index in [1.54, 1.807) is 30.2 Å². The lowest BCUT2D eigenvalue weighted by Crippen LogP contribution is -2.38. The zero-order chi connectivity index (χ0) is 17.5. The number of nitrogens with zero attached hydrogens (tertiary/aromatic N) is 1. The first-order valence-electron chi connectivity index (χ1n) is 8.02. The van der Waals surface area contributed by atoms with Crippen molar-refractivity contribution in [1.29, 1.82) is 0 Å². The second kappa shape index (κ2) is 8.38. The lowest BCUT2D eigenvalue weighted by molar-refractivity contribution is -0.129. The summed E-state index contributed by atoms with van der Waals surface area (Å²) in [4.78, 5) is 26.2. The predicted octanol–water partition coefficient (Wildman–Crippen LogP) is 1.78. The average molecular weight is 332 g/mol. The van der Waals surface area contributed by atoms with Gasteiger partial charge in [-0.25, -0.2) is 0 Å². The molecule has 2 amide bonds. The van der Waals surface area contributed by atoms with E-state index in [0.29, 0.717) is 23.5 Å².